The van der Waals surface area contributed by atoms with Gasteiger partial charge in [-0.1, -0.05) is 49.0 Å². The summed E-state index contributed by atoms with van der Waals surface area (Å²) in [5.74, 6) is 2.45. The fourth-order valence-electron chi connectivity index (χ4n) is 3.89. The van der Waals surface area contributed by atoms with E-state index in [1.165, 1.54) is 17.3 Å². The van der Waals surface area contributed by atoms with E-state index in [2.05, 4.69) is 58.4 Å². The molecule has 0 radical (unpaired) electrons. The fourth-order valence-corrected chi connectivity index (χ4v) is 4.66. The van der Waals surface area contributed by atoms with E-state index in [4.69, 9.17) is 14.4 Å². The zero-order valence-electron chi connectivity index (χ0n) is 20.2. The molecule has 1 saturated heterocycles. The zero-order valence-corrected chi connectivity index (χ0v) is 21.0. The number of furan rings is 1. The van der Waals surface area contributed by atoms with Crippen LogP contribution in [0, 0.1) is 0 Å². The number of nitrogens with zero attached hydrogens (tertiary/aromatic N) is 4. The second-order valence-electron chi connectivity index (χ2n) is 8.79. The Morgan fingerprint density at radius 1 is 1.09 bits per heavy atom. The first-order valence-electron chi connectivity index (χ1n) is 11.9. The van der Waals surface area contributed by atoms with Crippen molar-refractivity contribution < 1.29 is 9.21 Å². The Labute approximate surface area is 206 Å². The molecule has 0 saturated carbocycles. The number of rotatable bonds is 9. The van der Waals surface area contributed by atoms with Crippen LogP contribution >= 0.6 is 11.8 Å². The Morgan fingerprint density at radius 2 is 1.85 bits per heavy atom. The molecule has 2 aromatic heterocycles. The van der Waals surface area contributed by atoms with E-state index < -0.39 is 0 Å². The van der Waals surface area contributed by atoms with E-state index in [-0.39, 0.29) is 11.9 Å². The minimum Gasteiger partial charge on any atom is -0.455 e. The van der Waals surface area contributed by atoms with E-state index >= 15 is 0 Å². The van der Waals surface area contributed by atoms with Gasteiger partial charge in [0, 0.05) is 50.5 Å². The SMILES string of the molecule is CCc1cc(N2CCN(Cc3ccccc3)CC2)nc(SCc2ccc(C(=O)NC(C)C)o2)n1. The number of piperazine rings is 1. The highest BCUT2D eigenvalue weighted by atomic mass is 32.2. The van der Waals surface area contributed by atoms with Crippen molar-refractivity contribution in [2.45, 2.75) is 50.7 Å². The summed E-state index contributed by atoms with van der Waals surface area (Å²) in [5.41, 5.74) is 2.39. The zero-order chi connectivity index (χ0) is 23.9. The fraction of sp³-hybridized carbons (Fsp3) is 0.423. The first kappa shape index (κ1) is 24.3. The van der Waals surface area contributed by atoms with Crippen LogP contribution in [0.15, 0.2) is 58.1 Å². The molecule has 0 atom stereocenters. The minimum atomic E-state index is -0.191. The van der Waals surface area contributed by atoms with E-state index in [9.17, 15) is 4.79 Å². The normalized spacial score (nSPS) is 14.5. The molecule has 1 N–H and O–H groups in total. The lowest BCUT2D eigenvalue weighted by Crippen LogP contribution is -2.46. The lowest BCUT2D eigenvalue weighted by Gasteiger charge is -2.35. The third-order valence-corrected chi connectivity index (χ3v) is 6.57. The van der Waals surface area contributed by atoms with E-state index in [0.717, 1.165) is 61.6 Å². The van der Waals surface area contributed by atoms with Gasteiger partial charge in [-0.25, -0.2) is 9.97 Å². The van der Waals surface area contributed by atoms with Gasteiger partial charge in [0.05, 0.1) is 5.75 Å². The molecule has 0 bridgehead atoms. The van der Waals surface area contributed by atoms with Crippen LogP contribution in [-0.2, 0) is 18.7 Å². The summed E-state index contributed by atoms with van der Waals surface area (Å²) in [6, 6.07) is 16.4. The average Bonchev–Trinajstić information content (AvgIpc) is 3.33. The van der Waals surface area contributed by atoms with Gasteiger partial charge in [-0.05, 0) is 38.0 Å². The predicted molar refractivity (Wildman–Crippen MR) is 136 cm³/mol. The molecule has 8 heteroatoms. The van der Waals surface area contributed by atoms with Crippen molar-refractivity contribution in [3.05, 3.63) is 71.3 Å². The van der Waals surface area contributed by atoms with Crippen LogP contribution in [0.2, 0.25) is 0 Å². The van der Waals surface area contributed by atoms with Crippen molar-refractivity contribution >= 4 is 23.5 Å². The summed E-state index contributed by atoms with van der Waals surface area (Å²) < 4.78 is 5.73. The van der Waals surface area contributed by atoms with Crippen LogP contribution < -0.4 is 10.2 Å². The van der Waals surface area contributed by atoms with Gasteiger partial charge in [-0.15, -0.1) is 0 Å². The molecule has 1 amide bonds. The number of anilines is 1. The summed E-state index contributed by atoms with van der Waals surface area (Å²) in [5, 5.41) is 3.59. The molecule has 180 valence electrons. The number of carbonyl (C=O) groups excluding carboxylic acids is 1. The second-order valence-corrected chi connectivity index (χ2v) is 9.73. The molecule has 3 heterocycles. The number of nitrogens with one attached hydrogen (secondary N) is 1. The highest BCUT2D eigenvalue weighted by Crippen LogP contribution is 2.25. The van der Waals surface area contributed by atoms with Crippen molar-refractivity contribution in [1.82, 2.24) is 20.2 Å². The Balaban J connectivity index is 1.36. The van der Waals surface area contributed by atoms with E-state index in [1.807, 2.05) is 19.9 Å². The van der Waals surface area contributed by atoms with Gasteiger partial charge in [0.15, 0.2) is 10.9 Å². The highest BCUT2D eigenvalue weighted by Gasteiger charge is 2.20. The van der Waals surface area contributed by atoms with Crippen LogP contribution in [0.1, 0.15) is 48.3 Å². The van der Waals surface area contributed by atoms with Crippen LogP contribution in [0.25, 0.3) is 0 Å². The molecule has 0 spiro atoms. The third-order valence-electron chi connectivity index (χ3n) is 5.70. The lowest BCUT2D eigenvalue weighted by molar-refractivity contribution is 0.0913. The first-order valence-corrected chi connectivity index (χ1v) is 12.9. The number of thioether (sulfide) groups is 1. The summed E-state index contributed by atoms with van der Waals surface area (Å²) in [6.45, 7) is 10.9. The standard InChI is InChI=1S/C26H33N5O2S/c1-4-21-16-24(31-14-12-30(13-15-31)17-20-8-6-5-7-9-20)29-26(28-21)34-18-22-10-11-23(33-22)25(32)27-19(2)3/h5-11,16,19H,4,12-15,17-18H2,1-3H3,(H,27,32). The van der Waals surface area contributed by atoms with Crippen molar-refractivity contribution in [1.29, 1.82) is 0 Å². The van der Waals surface area contributed by atoms with Crippen molar-refractivity contribution in [3.8, 4) is 0 Å². The number of carbonyl (C=O) groups is 1. The molecule has 3 aromatic rings. The molecule has 34 heavy (non-hydrogen) atoms. The maximum Gasteiger partial charge on any atom is 0.287 e. The molecule has 1 aliphatic rings. The minimum absolute atomic E-state index is 0.0687. The van der Waals surface area contributed by atoms with Gasteiger partial charge in [-0.3, -0.25) is 9.69 Å². The summed E-state index contributed by atoms with van der Waals surface area (Å²) in [4.78, 5) is 26.5. The highest BCUT2D eigenvalue weighted by molar-refractivity contribution is 7.98. The van der Waals surface area contributed by atoms with Gasteiger partial charge >= 0.3 is 0 Å². The smallest absolute Gasteiger partial charge is 0.287 e. The Kier molecular flexibility index (Phi) is 8.24. The van der Waals surface area contributed by atoms with Gasteiger partial charge in [-0.2, -0.15) is 0 Å². The van der Waals surface area contributed by atoms with Gasteiger partial charge in [0.25, 0.3) is 5.91 Å². The van der Waals surface area contributed by atoms with Crippen molar-refractivity contribution in [3.63, 3.8) is 0 Å². The average molecular weight is 480 g/mol. The van der Waals surface area contributed by atoms with Gasteiger partial charge in [0.2, 0.25) is 0 Å². The lowest BCUT2D eigenvalue weighted by atomic mass is 10.2. The summed E-state index contributed by atoms with van der Waals surface area (Å²) in [7, 11) is 0. The van der Waals surface area contributed by atoms with Crippen molar-refractivity contribution in [2.24, 2.45) is 0 Å². The van der Waals surface area contributed by atoms with Crippen LogP contribution in [-0.4, -0.2) is 53.0 Å². The number of aryl methyl sites for hydroxylation is 1. The summed E-state index contributed by atoms with van der Waals surface area (Å²) >= 11 is 1.54. The van der Waals surface area contributed by atoms with Crippen molar-refractivity contribution in [2.75, 3.05) is 31.1 Å². The number of amides is 1. The largest absolute Gasteiger partial charge is 0.455 e. The first-order chi connectivity index (χ1) is 16.5. The molecule has 0 unspecified atom stereocenters. The maximum atomic E-state index is 12.1. The monoisotopic (exact) mass is 479 g/mol. The van der Waals surface area contributed by atoms with Crippen LogP contribution in [0.4, 0.5) is 5.82 Å². The molecule has 1 aromatic carbocycles. The van der Waals surface area contributed by atoms with Gasteiger partial charge in [0.1, 0.15) is 11.6 Å². The molecule has 1 aliphatic heterocycles. The molecular formula is C26H33N5O2S. The number of benzene rings is 1. The van der Waals surface area contributed by atoms with Crippen LogP contribution in [0.5, 0.6) is 0 Å². The summed E-state index contributed by atoms with van der Waals surface area (Å²) in [6.07, 6.45) is 0.858. The van der Waals surface area contributed by atoms with E-state index in [0.29, 0.717) is 11.5 Å². The second kappa shape index (κ2) is 11.5. The predicted octanol–water partition coefficient (Wildman–Crippen LogP) is 4.38. The molecule has 0 aliphatic carbocycles. The number of hydrogen-bond acceptors (Lipinski definition) is 7. The van der Waals surface area contributed by atoms with Crippen LogP contribution in [0.3, 0.4) is 0 Å². The Bertz CT molecular complexity index is 1080. The molecule has 7 nitrogen and oxygen atoms in total. The Hall–Kier alpha value is -2.84. The van der Waals surface area contributed by atoms with E-state index in [1.54, 1.807) is 6.07 Å². The molecule has 1 fully saturated rings. The number of hydrogen-bond donors (Lipinski definition) is 1. The number of aromatic nitrogens is 2. The Morgan fingerprint density at radius 3 is 2.56 bits per heavy atom. The topological polar surface area (TPSA) is 74.5 Å². The third kappa shape index (κ3) is 6.61. The quantitative estimate of drug-likeness (QED) is 0.360. The molecule has 4 rings (SSSR count). The van der Waals surface area contributed by atoms with Gasteiger partial charge < -0.3 is 14.6 Å². The maximum absolute atomic E-state index is 12.1. The molecular weight excluding hydrogens is 446 g/mol.